The number of hydrogen-bond acceptors (Lipinski definition) is 4. The molecular weight excluding hydrogens is 302 g/mol. The summed E-state index contributed by atoms with van der Waals surface area (Å²) in [6, 6.07) is 2.14. The summed E-state index contributed by atoms with van der Waals surface area (Å²) in [6.45, 7) is 8.02. The normalized spacial score (nSPS) is 13.5. The van der Waals surface area contributed by atoms with Crippen molar-refractivity contribution >= 4 is 10.0 Å². The van der Waals surface area contributed by atoms with E-state index < -0.39 is 10.0 Å². The molecule has 0 saturated heterocycles. The first-order valence-electron chi connectivity index (χ1n) is 7.23. The van der Waals surface area contributed by atoms with Gasteiger partial charge in [0, 0.05) is 25.5 Å². The summed E-state index contributed by atoms with van der Waals surface area (Å²) in [6.07, 6.45) is 2.18. The van der Waals surface area contributed by atoms with Gasteiger partial charge in [-0.25, -0.2) is 13.1 Å². The van der Waals surface area contributed by atoms with E-state index >= 15 is 0 Å². The van der Waals surface area contributed by atoms with Crippen LogP contribution in [0.3, 0.4) is 0 Å². The lowest BCUT2D eigenvalue weighted by molar-refractivity contribution is 0.446. The van der Waals surface area contributed by atoms with Crippen molar-refractivity contribution in [3.05, 3.63) is 29.3 Å². The molecule has 2 heterocycles. The van der Waals surface area contributed by atoms with Crippen molar-refractivity contribution in [3.63, 3.8) is 0 Å². The molecule has 0 fully saturated rings. The van der Waals surface area contributed by atoms with Crippen LogP contribution in [0.15, 0.2) is 17.2 Å². The minimum Gasteiger partial charge on any atom is -0.274 e. The van der Waals surface area contributed by atoms with Crippen molar-refractivity contribution in [3.8, 4) is 0 Å². The largest absolute Gasteiger partial charge is 0.274 e. The van der Waals surface area contributed by atoms with Gasteiger partial charge in [-0.3, -0.25) is 9.36 Å². The van der Waals surface area contributed by atoms with E-state index in [4.69, 9.17) is 0 Å². The molecule has 8 heteroatoms. The van der Waals surface area contributed by atoms with Crippen LogP contribution >= 0.6 is 0 Å². The van der Waals surface area contributed by atoms with Crippen LogP contribution in [0.5, 0.6) is 0 Å². The molecule has 0 aliphatic heterocycles. The highest BCUT2D eigenvalue weighted by molar-refractivity contribution is 7.89. The summed E-state index contributed by atoms with van der Waals surface area (Å²) >= 11 is 0. The second-order valence-electron chi connectivity index (χ2n) is 5.66. The van der Waals surface area contributed by atoms with Gasteiger partial charge >= 0.3 is 0 Å². The Morgan fingerprint density at radius 1 is 1.27 bits per heavy atom. The van der Waals surface area contributed by atoms with Gasteiger partial charge in [-0.2, -0.15) is 10.2 Å². The maximum absolute atomic E-state index is 12.3. The third-order valence-electron chi connectivity index (χ3n) is 3.57. The third-order valence-corrected chi connectivity index (χ3v) is 5.14. The predicted octanol–water partition coefficient (Wildman–Crippen LogP) is 1.47. The molecule has 1 N–H and O–H groups in total. The van der Waals surface area contributed by atoms with Crippen molar-refractivity contribution in [2.75, 3.05) is 6.54 Å². The average Bonchev–Trinajstić information content (AvgIpc) is 2.91. The van der Waals surface area contributed by atoms with Crippen LogP contribution in [-0.4, -0.2) is 34.5 Å². The van der Waals surface area contributed by atoms with Crippen LogP contribution in [0.2, 0.25) is 0 Å². The van der Waals surface area contributed by atoms with E-state index in [-0.39, 0.29) is 10.9 Å². The van der Waals surface area contributed by atoms with Gasteiger partial charge in [0.1, 0.15) is 4.90 Å². The summed E-state index contributed by atoms with van der Waals surface area (Å²) in [5.74, 6) is 0. The first-order valence-corrected chi connectivity index (χ1v) is 8.71. The van der Waals surface area contributed by atoms with Gasteiger partial charge < -0.3 is 0 Å². The first kappa shape index (κ1) is 16.7. The molecule has 0 aliphatic rings. The Morgan fingerprint density at radius 3 is 2.45 bits per heavy atom. The van der Waals surface area contributed by atoms with Gasteiger partial charge in [-0.15, -0.1) is 0 Å². The summed E-state index contributed by atoms with van der Waals surface area (Å²) in [4.78, 5) is 0.230. The minimum absolute atomic E-state index is 0.131. The molecule has 2 aromatic heterocycles. The van der Waals surface area contributed by atoms with E-state index in [0.29, 0.717) is 18.7 Å². The molecule has 2 rings (SSSR count). The fraction of sp³-hybridized carbons (Fsp3) is 0.571. The number of aromatic nitrogens is 4. The molecule has 0 saturated carbocycles. The molecule has 0 spiro atoms. The number of hydrogen-bond donors (Lipinski definition) is 1. The van der Waals surface area contributed by atoms with Gasteiger partial charge in [-0.05, 0) is 40.2 Å². The van der Waals surface area contributed by atoms with Crippen LogP contribution < -0.4 is 4.72 Å². The highest BCUT2D eigenvalue weighted by atomic mass is 32.2. The van der Waals surface area contributed by atoms with Crippen LogP contribution in [0.1, 0.15) is 36.5 Å². The Hall–Kier alpha value is -1.67. The fourth-order valence-electron chi connectivity index (χ4n) is 2.54. The third kappa shape index (κ3) is 3.56. The lowest BCUT2D eigenvalue weighted by atomic mass is 10.2. The van der Waals surface area contributed by atoms with Gasteiger partial charge in [0.15, 0.2) is 0 Å². The molecule has 0 amide bonds. The maximum Gasteiger partial charge on any atom is 0.243 e. The second kappa shape index (κ2) is 6.21. The van der Waals surface area contributed by atoms with Crippen molar-refractivity contribution in [2.45, 2.75) is 45.1 Å². The molecule has 122 valence electrons. The summed E-state index contributed by atoms with van der Waals surface area (Å²) in [7, 11) is -1.81. The summed E-state index contributed by atoms with van der Waals surface area (Å²) < 4.78 is 30.6. The molecule has 22 heavy (non-hydrogen) atoms. The highest BCUT2D eigenvalue weighted by Crippen LogP contribution is 2.15. The zero-order chi connectivity index (χ0) is 16.5. The molecule has 0 bridgehead atoms. The molecule has 0 aliphatic carbocycles. The number of sulfonamides is 1. The Kier molecular flexibility index (Phi) is 4.72. The molecule has 2 aromatic rings. The number of rotatable bonds is 6. The molecule has 1 atom stereocenters. The van der Waals surface area contributed by atoms with E-state index in [0.717, 1.165) is 11.4 Å². The number of aryl methyl sites for hydroxylation is 4. The number of nitrogens with zero attached hydrogens (tertiary/aromatic N) is 4. The van der Waals surface area contributed by atoms with E-state index in [2.05, 4.69) is 14.9 Å². The van der Waals surface area contributed by atoms with Gasteiger partial charge in [0.05, 0.1) is 17.4 Å². The van der Waals surface area contributed by atoms with E-state index in [9.17, 15) is 8.42 Å². The van der Waals surface area contributed by atoms with Gasteiger partial charge in [-0.1, -0.05) is 0 Å². The van der Waals surface area contributed by atoms with Crippen LogP contribution in [-0.2, 0) is 17.1 Å². The molecule has 0 aromatic carbocycles. The van der Waals surface area contributed by atoms with Crippen molar-refractivity contribution in [1.82, 2.24) is 24.3 Å². The standard InChI is InChI=1S/C14H23N5O2S/c1-10-8-12(3)19(16-10)11(2)6-7-15-22(20,21)14-9-18(5)17-13(14)4/h8-9,11,15H,6-7H2,1-5H3. The lowest BCUT2D eigenvalue weighted by Crippen LogP contribution is -2.27. The van der Waals surface area contributed by atoms with Crippen molar-refractivity contribution in [1.29, 1.82) is 0 Å². The predicted molar refractivity (Wildman–Crippen MR) is 84.2 cm³/mol. The minimum atomic E-state index is -3.52. The summed E-state index contributed by atoms with van der Waals surface area (Å²) in [5.41, 5.74) is 2.55. The molecule has 0 radical (unpaired) electrons. The van der Waals surface area contributed by atoms with Crippen LogP contribution in [0, 0.1) is 20.8 Å². The number of nitrogens with one attached hydrogen (secondary N) is 1. The Balaban J connectivity index is 1.98. The smallest absolute Gasteiger partial charge is 0.243 e. The molecule has 7 nitrogen and oxygen atoms in total. The Labute approximate surface area is 131 Å². The van der Waals surface area contributed by atoms with Crippen LogP contribution in [0.4, 0.5) is 0 Å². The lowest BCUT2D eigenvalue weighted by Gasteiger charge is -2.14. The monoisotopic (exact) mass is 325 g/mol. The van der Waals surface area contributed by atoms with Crippen LogP contribution in [0.25, 0.3) is 0 Å². The van der Waals surface area contributed by atoms with E-state index in [1.54, 1.807) is 14.0 Å². The van der Waals surface area contributed by atoms with Crippen molar-refractivity contribution in [2.24, 2.45) is 7.05 Å². The second-order valence-corrected chi connectivity index (χ2v) is 7.39. The fourth-order valence-corrected chi connectivity index (χ4v) is 3.80. The van der Waals surface area contributed by atoms with Crippen molar-refractivity contribution < 1.29 is 8.42 Å². The van der Waals surface area contributed by atoms with E-state index in [1.807, 2.05) is 31.5 Å². The zero-order valence-electron chi connectivity index (χ0n) is 13.7. The highest BCUT2D eigenvalue weighted by Gasteiger charge is 2.20. The van der Waals surface area contributed by atoms with Gasteiger partial charge in [0.25, 0.3) is 0 Å². The average molecular weight is 325 g/mol. The summed E-state index contributed by atoms with van der Waals surface area (Å²) in [5, 5.41) is 8.49. The quantitative estimate of drug-likeness (QED) is 0.872. The van der Waals surface area contributed by atoms with E-state index in [1.165, 1.54) is 10.9 Å². The SMILES string of the molecule is Cc1cc(C)n(C(C)CCNS(=O)(=O)c2cn(C)nc2C)n1. The molecule has 1 unspecified atom stereocenters. The van der Waals surface area contributed by atoms with Gasteiger partial charge in [0.2, 0.25) is 10.0 Å². The Morgan fingerprint density at radius 2 is 1.95 bits per heavy atom. The maximum atomic E-state index is 12.3. The zero-order valence-corrected chi connectivity index (χ0v) is 14.5. The molecular formula is C14H23N5O2S. The first-order chi connectivity index (χ1) is 10.2. The topological polar surface area (TPSA) is 81.8 Å². The Bertz CT molecular complexity index is 760.